The second-order valence-corrected chi connectivity index (χ2v) is 7.29. The van der Waals surface area contributed by atoms with Crippen LogP contribution in [-0.4, -0.2) is 15.9 Å². The van der Waals surface area contributed by atoms with Crippen LogP contribution in [0.1, 0.15) is 48.4 Å². The van der Waals surface area contributed by atoms with Crippen molar-refractivity contribution in [3.63, 3.8) is 0 Å². The van der Waals surface area contributed by atoms with Gasteiger partial charge < -0.3 is 5.32 Å². The Bertz CT molecular complexity index is 632. The molecule has 0 aromatic carbocycles. The van der Waals surface area contributed by atoms with E-state index in [-0.39, 0.29) is 11.3 Å². The third-order valence-corrected chi connectivity index (χ3v) is 5.56. The standard InChI is InChI=1S/C17H21N3OS/c1-13-19-12-15(22-13)17(7-3-2-4-8-17)10-16(21)20-14-6-5-9-18-11-14/h5-6,9,11-12H,2-4,7-8,10H2,1H3,(H,20,21). The zero-order chi connectivity index (χ0) is 15.4. The first kappa shape index (κ1) is 15.2. The summed E-state index contributed by atoms with van der Waals surface area (Å²) in [5.74, 6) is 0.0703. The summed E-state index contributed by atoms with van der Waals surface area (Å²) in [7, 11) is 0. The molecular formula is C17H21N3OS. The molecule has 1 saturated carbocycles. The van der Waals surface area contributed by atoms with E-state index in [1.54, 1.807) is 23.7 Å². The van der Waals surface area contributed by atoms with Gasteiger partial charge in [-0.3, -0.25) is 9.78 Å². The SMILES string of the molecule is Cc1ncc(C2(CC(=O)Nc3cccnc3)CCCCC2)s1. The number of hydrogen-bond acceptors (Lipinski definition) is 4. The van der Waals surface area contributed by atoms with Gasteiger partial charge in [-0.2, -0.15) is 0 Å². The van der Waals surface area contributed by atoms with Gasteiger partial charge >= 0.3 is 0 Å². The van der Waals surface area contributed by atoms with Crippen molar-refractivity contribution in [2.75, 3.05) is 5.32 Å². The van der Waals surface area contributed by atoms with Crippen molar-refractivity contribution in [2.24, 2.45) is 0 Å². The highest BCUT2D eigenvalue weighted by atomic mass is 32.1. The minimum absolute atomic E-state index is 0.0313. The molecule has 1 aliphatic carbocycles. The Hall–Kier alpha value is -1.75. The van der Waals surface area contributed by atoms with E-state index >= 15 is 0 Å². The lowest BCUT2D eigenvalue weighted by molar-refractivity contribution is -0.117. The van der Waals surface area contributed by atoms with Gasteiger partial charge in [-0.25, -0.2) is 4.98 Å². The number of carbonyl (C=O) groups is 1. The van der Waals surface area contributed by atoms with E-state index in [0.29, 0.717) is 6.42 Å². The van der Waals surface area contributed by atoms with Crippen LogP contribution in [0.3, 0.4) is 0 Å². The average Bonchev–Trinajstić information content (AvgIpc) is 2.96. The molecule has 1 fully saturated rings. The van der Waals surface area contributed by atoms with Crippen LogP contribution in [0, 0.1) is 6.92 Å². The Labute approximate surface area is 135 Å². The van der Waals surface area contributed by atoms with Gasteiger partial charge in [0.25, 0.3) is 0 Å². The van der Waals surface area contributed by atoms with Crippen LogP contribution in [0.2, 0.25) is 0 Å². The molecule has 3 rings (SSSR count). The van der Waals surface area contributed by atoms with Crippen molar-refractivity contribution in [3.05, 3.63) is 40.6 Å². The molecule has 4 nitrogen and oxygen atoms in total. The Morgan fingerprint density at radius 3 is 2.77 bits per heavy atom. The summed E-state index contributed by atoms with van der Waals surface area (Å²) < 4.78 is 0. The molecule has 1 aliphatic rings. The van der Waals surface area contributed by atoms with Gasteiger partial charge in [0.15, 0.2) is 0 Å². The summed E-state index contributed by atoms with van der Waals surface area (Å²) in [4.78, 5) is 22.2. The number of aryl methyl sites for hydroxylation is 1. The van der Waals surface area contributed by atoms with E-state index in [0.717, 1.165) is 23.5 Å². The molecule has 2 aromatic heterocycles. The van der Waals surface area contributed by atoms with E-state index in [1.807, 2.05) is 25.3 Å². The van der Waals surface area contributed by atoms with Crippen LogP contribution < -0.4 is 5.32 Å². The number of hydrogen-bond donors (Lipinski definition) is 1. The first-order valence-electron chi connectivity index (χ1n) is 7.81. The van der Waals surface area contributed by atoms with Gasteiger partial charge in [0.05, 0.1) is 16.9 Å². The Morgan fingerprint density at radius 2 is 2.14 bits per heavy atom. The normalized spacial score (nSPS) is 17.1. The lowest BCUT2D eigenvalue weighted by Gasteiger charge is -2.35. The maximum absolute atomic E-state index is 12.5. The lowest BCUT2D eigenvalue weighted by atomic mass is 9.71. The van der Waals surface area contributed by atoms with Crippen LogP contribution in [0.15, 0.2) is 30.7 Å². The van der Waals surface area contributed by atoms with Crippen LogP contribution in [0.4, 0.5) is 5.69 Å². The first-order valence-corrected chi connectivity index (χ1v) is 8.62. The van der Waals surface area contributed by atoms with Crippen molar-refractivity contribution >= 4 is 22.9 Å². The van der Waals surface area contributed by atoms with Gasteiger partial charge in [0, 0.05) is 29.1 Å². The highest BCUT2D eigenvalue weighted by Gasteiger charge is 2.37. The quantitative estimate of drug-likeness (QED) is 0.925. The summed E-state index contributed by atoms with van der Waals surface area (Å²) in [5, 5.41) is 4.05. The van der Waals surface area contributed by atoms with E-state index in [4.69, 9.17) is 0 Å². The molecule has 1 amide bonds. The number of carbonyl (C=O) groups excluding carboxylic acids is 1. The van der Waals surface area contributed by atoms with Crippen LogP contribution in [0.25, 0.3) is 0 Å². The average molecular weight is 315 g/mol. The molecule has 22 heavy (non-hydrogen) atoms. The van der Waals surface area contributed by atoms with Crippen molar-refractivity contribution < 1.29 is 4.79 Å². The number of amides is 1. The fourth-order valence-electron chi connectivity index (χ4n) is 3.29. The Kier molecular flexibility index (Phi) is 4.52. The van der Waals surface area contributed by atoms with Gasteiger partial charge in [-0.05, 0) is 31.9 Å². The molecule has 0 bridgehead atoms. The zero-order valence-electron chi connectivity index (χ0n) is 12.8. The monoisotopic (exact) mass is 315 g/mol. The number of nitrogens with zero attached hydrogens (tertiary/aromatic N) is 2. The molecule has 1 N–H and O–H groups in total. The van der Waals surface area contributed by atoms with Crippen molar-refractivity contribution in [1.82, 2.24) is 9.97 Å². The second-order valence-electron chi connectivity index (χ2n) is 6.05. The van der Waals surface area contributed by atoms with Crippen LogP contribution in [0.5, 0.6) is 0 Å². The van der Waals surface area contributed by atoms with Gasteiger partial charge in [0.1, 0.15) is 0 Å². The lowest BCUT2D eigenvalue weighted by Crippen LogP contribution is -2.33. The van der Waals surface area contributed by atoms with E-state index < -0.39 is 0 Å². The maximum Gasteiger partial charge on any atom is 0.225 e. The van der Waals surface area contributed by atoms with Crippen molar-refractivity contribution in [1.29, 1.82) is 0 Å². The largest absolute Gasteiger partial charge is 0.325 e. The molecule has 116 valence electrons. The third kappa shape index (κ3) is 3.35. The minimum atomic E-state index is -0.0313. The molecule has 2 aromatic rings. The predicted octanol–water partition coefficient (Wildman–Crippen LogP) is 4.08. The highest BCUT2D eigenvalue weighted by molar-refractivity contribution is 7.11. The number of nitrogens with one attached hydrogen (secondary N) is 1. The summed E-state index contributed by atoms with van der Waals surface area (Å²) in [6.45, 7) is 2.03. The molecule has 0 atom stereocenters. The fourth-order valence-corrected chi connectivity index (χ4v) is 4.32. The van der Waals surface area contributed by atoms with E-state index in [2.05, 4.69) is 15.3 Å². The van der Waals surface area contributed by atoms with Gasteiger partial charge in [0.2, 0.25) is 5.91 Å². The van der Waals surface area contributed by atoms with Gasteiger partial charge in [-0.15, -0.1) is 11.3 Å². The minimum Gasteiger partial charge on any atom is -0.325 e. The zero-order valence-corrected chi connectivity index (χ0v) is 13.7. The summed E-state index contributed by atoms with van der Waals surface area (Å²) >= 11 is 1.74. The predicted molar refractivity (Wildman–Crippen MR) is 89.1 cm³/mol. The third-order valence-electron chi connectivity index (χ3n) is 4.40. The molecule has 0 saturated heterocycles. The van der Waals surface area contributed by atoms with Crippen LogP contribution in [-0.2, 0) is 10.2 Å². The Balaban J connectivity index is 1.77. The van der Waals surface area contributed by atoms with Crippen molar-refractivity contribution in [3.8, 4) is 0 Å². The number of rotatable bonds is 4. The number of anilines is 1. The van der Waals surface area contributed by atoms with E-state index in [9.17, 15) is 4.79 Å². The first-order chi connectivity index (χ1) is 10.7. The van der Waals surface area contributed by atoms with Crippen LogP contribution >= 0.6 is 11.3 Å². The molecule has 0 radical (unpaired) electrons. The Morgan fingerprint density at radius 1 is 1.32 bits per heavy atom. The summed E-state index contributed by atoms with van der Waals surface area (Å²) in [6, 6.07) is 3.70. The molecule has 5 heteroatoms. The number of aromatic nitrogens is 2. The number of pyridine rings is 1. The molecular weight excluding hydrogens is 294 g/mol. The molecule has 0 unspecified atom stereocenters. The fraction of sp³-hybridized carbons (Fsp3) is 0.471. The molecule has 2 heterocycles. The van der Waals surface area contributed by atoms with Gasteiger partial charge in [-0.1, -0.05) is 19.3 Å². The molecule has 0 aliphatic heterocycles. The second kappa shape index (κ2) is 6.57. The van der Waals surface area contributed by atoms with Crippen molar-refractivity contribution in [2.45, 2.75) is 50.9 Å². The smallest absolute Gasteiger partial charge is 0.225 e. The highest BCUT2D eigenvalue weighted by Crippen LogP contribution is 2.44. The summed E-state index contributed by atoms with van der Waals surface area (Å²) in [6.07, 6.45) is 11.7. The summed E-state index contributed by atoms with van der Waals surface area (Å²) in [5.41, 5.74) is 0.732. The molecule has 0 spiro atoms. The maximum atomic E-state index is 12.5. The number of thiazole rings is 1. The van der Waals surface area contributed by atoms with E-state index in [1.165, 1.54) is 24.1 Å². The topological polar surface area (TPSA) is 54.9 Å².